The second-order valence-electron chi connectivity index (χ2n) is 11.1. The second kappa shape index (κ2) is 10.6. The number of carbonyl (C=O) groups is 4. The summed E-state index contributed by atoms with van der Waals surface area (Å²) in [5, 5.41) is 3.85. The number of benzene rings is 2. The van der Waals surface area contributed by atoms with E-state index in [0.29, 0.717) is 30.5 Å². The van der Waals surface area contributed by atoms with Crippen LogP contribution in [0.3, 0.4) is 0 Å². The van der Waals surface area contributed by atoms with Crippen molar-refractivity contribution in [1.29, 1.82) is 0 Å². The number of aromatic nitrogens is 1. The van der Waals surface area contributed by atoms with Crippen molar-refractivity contribution >= 4 is 40.1 Å². The molecule has 3 atom stereocenters. The Balaban J connectivity index is 1.32. The van der Waals surface area contributed by atoms with Crippen LogP contribution in [0.25, 0.3) is 10.9 Å². The molecule has 0 unspecified atom stereocenters. The third-order valence-electron chi connectivity index (χ3n) is 7.72. The van der Waals surface area contributed by atoms with E-state index in [1.807, 2.05) is 69.4 Å². The van der Waals surface area contributed by atoms with E-state index < -0.39 is 12.1 Å². The van der Waals surface area contributed by atoms with Crippen molar-refractivity contribution in [3.63, 3.8) is 0 Å². The Labute approximate surface area is 228 Å². The van der Waals surface area contributed by atoms with Gasteiger partial charge in [0.1, 0.15) is 12.1 Å². The van der Waals surface area contributed by atoms with Crippen molar-refractivity contribution in [2.24, 2.45) is 5.92 Å². The Morgan fingerprint density at radius 2 is 1.74 bits per heavy atom. The van der Waals surface area contributed by atoms with Crippen LogP contribution in [0, 0.1) is 5.92 Å². The van der Waals surface area contributed by atoms with Crippen molar-refractivity contribution < 1.29 is 19.2 Å². The van der Waals surface area contributed by atoms with Crippen LogP contribution >= 0.6 is 0 Å². The lowest BCUT2D eigenvalue weighted by atomic mass is 10.0. The van der Waals surface area contributed by atoms with Gasteiger partial charge in [0.05, 0.1) is 12.6 Å². The van der Waals surface area contributed by atoms with Crippen LogP contribution in [-0.2, 0) is 9.59 Å². The van der Waals surface area contributed by atoms with Gasteiger partial charge in [-0.2, -0.15) is 0 Å². The van der Waals surface area contributed by atoms with Gasteiger partial charge in [-0.15, -0.1) is 0 Å². The molecule has 2 aliphatic rings. The summed E-state index contributed by atoms with van der Waals surface area (Å²) < 4.78 is 0. The highest BCUT2D eigenvalue weighted by atomic mass is 16.2. The van der Waals surface area contributed by atoms with E-state index in [0.717, 1.165) is 16.6 Å². The van der Waals surface area contributed by atoms with Crippen molar-refractivity contribution in [3.8, 4) is 0 Å². The Kier molecular flexibility index (Phi) is 7.16. The predicted octanol–water partition coefficient (Wildman–Crippen LogP) is 3.07. The molecule has 2 aliphatic heterocycles. The first-order chi connectivity index (χ1) is 18.6. The summed E-state index contributed by atoms with van der Waals surface area (Å²) in [6.45, 7) is 4.33. The molecule has 2 saturated heterocycles. The SMILES string of the molecule is CC(C)C[C@H](NC(=O)c1ccc(N(C)C)cc1)C(=O)N1CC[C@@H]2[C@H]1C(=O)CN2C(=O)c1ccc2[nH]ccc2c1. The molecule has 1 aromatic heterocycles. The molecule has 2 aromatic carbocycles. The first-order valence-electron chi connectivity index (χ1n) is 13.4. The number of nitrogens with zero attached hydrogens (tertiary/aromatic N) is 3. The van der Waals surface area contributed by atoms with Crippen LogP contribution in [0.1, 0.15) is 47.4 Å². The molecule has 0 radical (unpaired) electrons. The maximum atomic E-state index is 13.8. The second-order valence-corrected chi connectivity index (χ2v) is 11.1. The van der Waals surface area contributed by atoms with Gasteiger partial charge >= 0.3 is 0 Å². The van der Waals surface area contributed by atoms with Gasteiger partial charge in [-0.05, 0) is 67.3 Å². The number of Topliss-reactive ketones (excluding diaryl/α,β-unsaturated/α-hetero) is 1. The monoisotopic (exact) mass is 529 g/mol. The molecule has 0 aliphatic carbocycles. The minimum absolute atomic E-state index is 0.0252. The quantitative estimate of drug-likeness (QED) is 0.489. The molecule has 0 bridgehead atoms. The summed E-state index contributed by atoms with van der Waals surface area (Å²) >= 11 is 0. The standard InChI is InChI=1S/C30H35N5O4/c1-18(2)15-24(32-28(37)19-5-8-22(9-6-19)33(3)4)30(39)34-14-12-25-27(34)26(36)17-35(25)29(38)21-7-10-23-20(16-21)11-13-31-23/h5-11,13,16,18,24-25,27,31H,12,14-15,17H2,1-4H3,(H,32,37)/t24-,25+,27-/m0/s1. The number of hydrogen-bond acceptors (Lipinski definition) is 5. The van der Waals surface area contributed by atoms with Crippen molar-refractivity contribution in [1.82, 2.24) is 20.1 Å². The molecular formula is C30H35N5O4. The number of nitrogens with one attached hydrogen (secondary N) is 2. The molecule has 3 amide bonds. The fourth-order valence-corrected chi connectivity index (χ4v) is 5.74. The topological polar surface area (TPSA) is 106 Å². The van der Waals surface area contributed by atoms with Gasteiger partial charge in [0.2, 0.25) is 5.91 Å². The number of carbonyl (C=O) groups excluding carboxylic acids is 4. The zero-order valence-corrected chi connectivity index (χ0v) is 22.8. The highest BCUT2D eigenvalue weighted by molar-refractivity contribution is 6.04. The van der Waals surface area contributed by atoms with Crippen molar-refractivity contribution in [2.45, 2.75) is 44.8 Å². The summed E-state index contributed by atoms with van der Waals surface area (Å²) in [5.41, 5.74) is 2.89. The Morgan fingerprint density at radius 3 is 2.44 bits per heavy atom. The summed E-state index contributed by atoms with van der Waals surface area (Å²) in [6, 6.07) is 12.7. The summed E-state index contributed by atoms with van der Waals surface area (Å²) in [4.78, 5) is 61.7. The molecule has 5 rings (SSSR count). The van der Waals surface area contributed by atoms with E-state index in [1.54, 1.807) is 28.0 Å². The highest BCUT2D eigenvalue weighted by Gasteiger charge is 2.52. The van der Waals surface area contributed by atoms with Crippen LogP contribution < -0.4 is 10.2 Å². The van der Waals surface area contributed by atoms with E-state index in [2.05, 4.69) is 10.3 Å². The fraction of sp³-hybridized carbons (Fsp3) is 0.400. The van der Waals surface area contributed by atoms with Crippen LogP contribution in [0.4, 0.5) is 5.69 Å². The lowest BCUT2D eigenvalue weighted by Gasteiger charge is -2.29. The van der Waals surface area contributed by atoms with Crippen molar-refractivity contribution in [3.05, 3.63) is 65.9 Å². The highest BCUT2D eigenvalue weighted by Crippen LogP contribution is 2.32. The lowest BCUT2D eigenvalue weighted by Crippen LogP contribution is -2.53. The third kappa shape index (κ3) is 5.13. The summed E-state index contributed by atoms with van der Waals surface area (Å²) in [7, 11) is 3.85. The van der Waals surface area contributed by atoms with E-state index in [1.165, 1.54) is 0 Å². The molecule has 9 nitrogen and oxygen atoms in total. The Morgan fingerprint density at radius 1 is 1.03 bits per heavy atom. The predicted molar refractivity (Wildman–Crippen MR) is 150 cm³/mol. The summed E-state index contributed by atoms with van der Waals surface area (Å²) in [5.74, 6) is -0.803. The molecule has 2 N–H and O–H groups in total. The maximum absolute atomic E-state index is 13.8. The number of likely N-dealkylation sites (tertiary alicyclic amines) is 2. The van der Waals surface area contributed by atoms with E-state index in [9.17, 15) is 19.2 Å². The first kappa shape index (κ1) is 26.5. The zero-order chi connectivity index (χ0) is 27.8. The third-order valence-corrected chi connectivity index (χ3v) is 7.72. The Hall–Kier alpha value is -4.14. The minimum atomic E-state index is -0.765. The van der Waals surface area contributed by atoms with E-state index >= 15 is 0 Å². The van der Waals surface area contributed by atoms with Gasteiger partial charge in [-0.25, -0.2) is 0 Å². The van der Waals surface area contributed by atoms with Gasteiger partial charge in [0, 0.05) is 54.6 Å². The van der Waals surface area contributed by atoms with E-state index in [4.69, 9.17) is 0 Å². The molecule has 0 spiro atoms. The average molecular weight is 530 g/mol. The molecule has 3 heterocycles. The number of aromatic amines is 1. The van der Waals surface area contributed by atoms with Gasteiger partial charge in [-0.1, -0.05) is 13.8 Å². The molecular weight excluding hydrogens is 494 g/mol. The van der Waals surface area contributed by atoms with Crippen molar-refractivity contribution in [2.75, 3.05) is 32.1 Å². The smallest absolute Gasteiger partial charge is 0.254 e. The van der Waals surface area contributed by atoms with Gasteiger partial charge < -0.3 is 25.0 Å². The van der Waals surface area contributed by atoms with Crippen LogP contribution in [0.15, 0.2) is 54.7 Å². The van der Waals surface area contributed by atoms with Crippen LogP contribution in [-0.4, -0.2) is 83.6 Å². The fourth-order valence-electron chi connectivity index (χ4n) is 5.74. The molecule has 2 fully saturated rings. The number of fused-ring (bicyclic) bond motifs is 2. The largest absolute Gasteiger partial charge is 0.378 e. The van der Waals surface area contributed by atoms with Crippen LogP contribution in [0.2, 0.25) is 0 Å². The lowest BCUT2D eigenvalue weighted by molar-refractivity contribution is -0.138. The van der Waals surface area contributed by atoms with E-state index in [-0.39, 0.29) is 42.0 Å². The Bertz CT molecular complexity index is 1410. The number of ketones is 1. The molecule has 3 aromatic rings. The number of rotatable bonds is 7. The van der Waals surface area contributed by atoms with Gasteiger partial charge in [-0.3, -0.25) is 19.2 Å². The normalized spacial score (nSPS) is 19.5. The number of H-pyrrole nitrogens is 1. The number of hydrogen-bond donors (Lipinski definition) is 2. The molecule has 204 valence electrons. The number of amides is 3. The zero-order valence-electron chi connectivity index (χ0n) is 22.8. The minimum Gasteiger partial charge on any atom is -0.378 e. The molecule has 0 saturated carbocycles. The van der Waals surface area contributed by atoms with Crippen LogP contribution in [0.5, 0.6) is 0 Å². The summed E-state index contributed by atoms with van der Waals surface area (Å²) in [6.07, 6.45) is 2.79. The molecule has 9 heteroatoms. The first-order valence-corrected chi connectivity index (χ1v) is 13.4. The van der Waals surface area contributed by atoms with Gasteiger partial charge in [0.25, 0.3) is 11.8 Å². The maximum Gasteiger partial charge on any atom is 0.254 e. The average Bonchev–Trinajstić information content (AvgIpc) is 3.63. The molecule has 39 heavy (non-hydrogen) atoms. The number of anilines is 1. The van der Waals surface area contributed by atoms with Gasteiger partial charge in [0.15, 0.2) is 5.78 Å².